The van der Waals surface area contributed by atoms with Gasteiger partial charge < -0.3 is 15.1 Å². The van der Waals surface area contributed by atoms with E-state index in [1.54, 1.807) is 0 Å². The molecule has 0 spiro atoms. The third-order valence-corrected chi connectivity index (χ3v) is 6.57. The fourth-order valence-electron chi connectivity index (χ4n) is 4.62. The molecule has 0 bridgehead atoms. The maximum absolute atomic E-state index is 12.7. The molecule has 4 heteroatoms. The molecular weight excluding hydrogens is 370 g/mol. The van der Waals surface area contributed by atoms with Crippen LogP contribution in [0.5, 0.6) is 0 Å². The van der Waals surface area contributed by atoms with Crippen LogP contribution in [-0.2, 0) is 19.3 Å². The maximum atomic E-state index is 12.7. The van der Waals surface area contributed by atoms with Crippen LogP contribution in [0.3, 0.4) is 0 Å². The number of nitrogens with one attached hydrogen (secondary N) is 1. The molecule has 1 fully saturated rings. The van der Waals surface area contributed by atoms with Crippen LogP contribution in [0.1, 0.15) is 39.9 Å². The van der Waals surface area contributed by atoms with Crippen molar-refractivity contribution >= 4 is 5.78 Å². The topological polar surface area (TPSA) is 35.6 Å². The van der Waals surface area contributed by atoms with Crippen LogP contribution >= 0.6 is 0 Å². The Kier molecular flexibility index (Phi) is 7.68. The number of hydrogen-bond donors (Lipinski definition) is 1. The van der Waals surface area contributed by atoms with Crippen LogP contribution in [0.25, 0.3) is 0 Å². The smallest absolute Gasteiger partial charge is 0.162 e. The van der Waals surface area contributed by atoms with E-state index in [1.165, 1.54) is 16.7 Å². The molecule has 2 heterocycles. The minimum atomic E-state index is 0.302. The fourth-order valence-corrected chi connectivity index (χ4v) is 4.62. The van der Waals surface area contributed by atoms with Gasteiger partial charge in [0.15, 0.2) is 5.78 Å². The molecule has 2 aromatic carbocycles. The number of nitrogens with zero attached hydrogens (tertiary/aromatic N) is 2. The summed E-state index contributed by atoms with van der Waals surface area (Å²) >= 11 is 0. The Labute approximate surface area is 181 Å². The third-order valence-electron chi connectivity index (χ3n) is 6.57. The second-order valence-electron chi connectivity index (χ2n) is 8.68. The highest BCUT2D eigenvalue weighted by atomic mass is 16.1. The van der Waals surface area contributed by atoms with Crippen molar-refractivity contribution in [3.05, 3.63) is 70.8 Å². The molecule has 0 aromatic heterocycles. The molecule has 0 aliphatic carbocycles. The van der Waals surface area contributed by atoms with Gasteiger partial charge in [-0.3, -0.25) is 4.79 Å². The third kappa shape index (κ3) is 6.00. The van der Waals surface area contributed by atoms with Gasteiger partial charge in [-0.25, -0.2) is 0 Å². The van der Waals surface area contributed by atoms with Gasteiger partial charge >= 0.3 is 0 Å². The summed E-state index contributed by atoms with van der Waals surface area (Å²) in [5.74, 6) is 0.302. The molecule has 0 unspecified atom stereocenters. The van der Waals surface area contributed by atoms with E-state index in [2.05, 4.69) is 57.6 Å². The van der Waals surface area contributed by atoms with Crippen LogP contribution in [0, 0.1) is 0 Å². The maximum Gasteiger partial charge on any atom is 0.162 e. The van der Waals surface area contributed by atoms with E-state index in [0.29, 0.717) is 12.2 Å². The first-order chi connectivity index (χ1) is 14.8. The summed E-state index contributed by atoms with van der Waals surface area (Å²) in [7, 11) is 0. The predicted molar refractivity (Wildman–Crippen MR) is 123 cm³/mol. The lowest BCUT2D eigenvalue weighted by atomic mass is 9.97. The van der Waals surface area contributed by atoms with Crippen molar-refractivity contribution in [3.8, 4) is 0 Å². The van der Waals surface area contributed by atoms with Gasteiger partial charge in [0, 0.05) is 44.7 Å². The summed E-state index contributed by atoms with van der Waals surface area (Å²) < 4.78 is 0. The zero-order valence-electron chi connectivity index (χ0n) is 18.1. The highest BCUT2D eigenvalue weighted by Gasteiger charge is 2.17. The van der Waals surface area contributed by atoms with Crippen molar-refractivity contribution in [3.63, 3.8) is 0 Å². The number of carbonyl (C=O) groups is 1. The van der Waals surface area contributed by atoms with Crippen LogP contribution < -0.4 is 5.32 Å². The van der Waals surface area contributed by atoms with E-state index in [-0.39, 0.29) is 0 Å². The Bertz CT molecular complexity index is 812. The lowest BCUT2D eigenvalue weighted by Crippen LogP contribution is -2.47. The number of piperazine rings is 1. The monoisotopic (exact) mass is 405 g/mol. The van der Waals surface area contributed by atoms with Crippen LogP contribution in [-0.4, -0.2) is 67.9 Å². The molecule has 0 saturated carbocycles. The highest BCUT2D eigenvalue weighted by molar-refractivity contribution is 5.96. The molecule has 4 nitrogen and oxygen atoms in total. The summed E-state index contributed by atoms with van der Waals surface area (Å²) in [5.41, 5.74) is 5.09. The standard InChI is InChI=1S/C26H35N3O/c30-26(25-9-8-23-10-13-27-14-11-24(23)21-25)7-4-15-28-17-19-29(20-18-28)16-12-22-5-2-1-3-6-22/h1-3,5-6,8-9,21,27H,4,7,10-20H2. The Morgan fingerprint density at radius 1 is 0.833 bits per heavy atom. The summed E-state index contributed by atoms with van der Waals surface area (Å²) in [5, 5.41) is 3.44. The highest BCUT2D eigenvalue weighted by Crippen LogP contribution is 2.17. The van der Waals surface area contributed by atoms with Gasteiger partial charge in [0.05, 0.1) is 0 Å². The second-order valence-corrected chi connectivity index (χ2v) is 8.68. The van der Waals surface area contributed by atoms with Gasteiger partial charge in [-0.1, -0.05) is 42.5 Å². The molecule has 2 aromatic rings. The summed E-state index contributed by atoms with van der Waals surface area (Å²) in [6.45, 7) is 8.75. The van der Waals surface area contributed by atoms with Gasteiger partial charge in [0.25, 0.3) is 0 Å². The van der Waals surface area contributed by atoms with Crippen LogP contribution in [0.15, 0.2) is 48.5 Å². The molecular formula is C26H35N3O. The Balaban J connectivity index is 1.16. The van der Waals surface area contributed by atoms with Gasteiger partial charge in [-0.15, -0.1) is 0 Å². The molecule has 1 saturated heterocycles. The Hall–Kier alpha value is -2.01. The second kappa shape index (κ2) is 10.9. The lowest BCUT2D eigenvalue weighted by Gasteiger charge is -2.34. The molecule has 4 rings (SSSR count). The van der Waals surface area contributed by atoms with Crippen molar-refractivity contribution in [2.24, 2.45) is 0 Å². The number of hydrogen-bond acceptors (Lipinski definition) is 4. The van der Waals surface area contributed by atoms with E-state index in [1.807, 2.05) is 6.07 Å². The molecule has 0 amide bonds. The largest absolute Gasteiger partial charge is 0.316 e. The molecule has 30 heavy (non-hydrogen) atoms. The van der Waals surface area contributed by atoms with Crippen molar-refractivity contribution in [2.75, 3.05) is 52.4 Å². The average Bonchev–Trinajstić information content (AvgIpc) is 3.04. The minimum absolute atomic E-state index is 0.302. The fraction of sp³-hybridized carbons (Fsp3) is 0.500. The zero-order chi connectivity index (χ0) is 20.6. The zero-order valence-corrected chi connectivity index (χ0v) is 18.1. The van der Waals surface area contributed by atoms with Crippen molar-refractivity contribution in [1.82, 2.24) is 15.1 Å². The van der Waals surface area contributed by atoms with Crippen molar-refractivity contribution < 1.29 is 4.79 Å². The number of carbonyl (C=O) groups excluding carboxylic acids is 1. The van der Waals surface area contributed by atoms with Crippen molar-refractivity contribution in [1.29, 1.82) is 0 Å². The van der Waals surface area contributed by atoms with Gasteiger partial charge in [0.1, 0.15) is 0 Å². The quantitative estimate of drug-likeness (QED) is 0.684. The average molecular weight is 406 g/mol. The molecule has 0 radical (unpaired) electrons. The molecule has 2 aliphatic heterocycles. The molecule has 2 aliphatic rings. The number of benzene rings is 2. The first-order valence-electron chi connectivity index (χ1n) is 11.6. The number of Topliss-reactive ketones (excluding diaryl/α,β-unsaturated/α-hetero) is 1. The Morgan fingerprint density at radius 2 is 1.53 bits per heavy atom. The first kappa shape index (κ1) is 21.2. The molecule has 1 N–H and O–H groups in total. The minimum Gasteiger partial charge on any atom is -0.316 e. The van der Waals surface area contributed by atoms with Gasteiger partial charge in [0.2, 0.25) is 0 Å². The van der Waals surface area contributed by atoms with Crippen molar-refractivity contribution in [2.45, 2.75) is 32.1 Å². The number of rotatable bonds is 8. The van der Waals surface area contributed by atoms with Crippen LogP contribution in [0.4, 0.5) is 0 Å². The number of fused-ring (bicyclic) bond motifs is 1. The molecule has 0 atom stereocenters. The summed E-state index contributed by atoms with van der Waals surface area (Å²) in [6.07, 6.45) is 4.85. The van der Waals surface area contributed by atoms with E-state index in [0.717, 1.165) is 83.6 Å². The van der Waals surface area contributed by atoms with Gasteiger partial charge in [-0.05, 0) is 68.1 Å². The lowest BCUT2D eigenvalue weighted by molar-refractivity contribution is 0.0962. The Morgan fingerprint density at radius 3 is 2.30 bits per heavy atom. The molecule has 160 valence electrons. The number of ketones is 1. The van der Waals surface area contributed by atoms with E-state index in [4.69, 9.17) is 0 Å². The summed E-state index contributed by atoms with van der Waals surface area (Å²) in [6, 6.07) is 17.1. The van der Waals surface area contributed by atoms with E-state index < -0.39 is 0 Å². The predicted octanol–water partition coefficient (Wildman–Crippen LogP) is 3.20. The summed E-state index contributed by atoms with van der Waals surface area (Å²) in [4.78, 5) is 17.8. The van der Waals surface area contributed by atoms with Crippen LogP contribution in [0.2, 0.25) is 0 Å². The van der Waals surface area contributed by atoms with Gasteiger partial charge in [-0.2, -0.15) is 0 Å². The SMILES string of the molecule is O=C(CCCN1CCN(CCc2ccccc2)CC1)c1ccc2c(c1)CCNCC2. The first-order valence-corrected chi connectivity index (χ1v) is 11.6. The van der Waals surface area contributed by atoms with E-state index in [9.17, 15) is 4.79 Å². The van der Waals surface area contributed by atoms with E-state index >= 15 is 0 Å². The normalized spacial score (nSPS) is 18.0.